The van der Waals surface area contributed by atoms with Gasteiger partial charge in [-0.05, 0) is 30.5 Å². The van der Waals surface area contributed by atoms with Gasteiger partial charge in [-0.15, -0.1) is 11.3 Å². The Hall–Kier alpha value is -3.04. The van der Waals surface area contributed by atoms with Crippen molar-refractivity contribution in [3.8, 4) is 0 Å². The van der Waals surface area contributed by atoms with Crippen LogP contribution in [0.2, 0.25) is 0 Å². The van der Waals surface area contributed by atoms with Crippen LogP contribution in [-0.4, -0.2) is 51.9 Å². The number of piperazine rings is 1. The molecular weight excluding hydrogens is 386 g/mol. The lowest BCUT2D eigenvalue weighted by molar-refractivity contribution is -0.918. The number of benzene rings is 1. The fraction of sp³-hybridized carbons (Fsp3) is 0.300. The minimum atomic E-state index is 0.119. The number of carbonyl (C=O) groups excluding carboxylic acids is 1. The van der Waals surface area contributed by atoms with Crippen LogP contribution in [0.4, 0.5) is 17.6 Å². The maximum atomic E-state index is 12.5. The molecule has 3 aromatic rings. The number of nitrogens with one attached hydrogen (secondary N) is 2. The first-order chi connectivity index (χ1) is 14.1. The van der Waals surface area contributed by atoms with Gasteiger partial charge in [0.1, 0.15) is 6.54 Å². The second kappa shape index (κ2) is 8.54. The molecule has 0 atom stereocenters. The molecule has 0 bridgehead atoms. The summed E-state index contributed by atoms with van der Waals surface area (Å²) in [6, 6.07) is 11.8. The number of nitrogens with two attached hydrogens (primary N) is 1. The number of hydrogen-bond donors (Lipinski definition) is 3. The normalized spacial score (nSPS) is 14.7. The molecule has 1 fully saturated rings. The van der Waals surface area contributed by atoms with E-state index in [1.54, 1.807) is 0 Å². The molecule has 0 spiro atoms. The minimum absolute atomic E-state index is 0.119. The van der Waals surface area contributed by atoms with Crippen LogP contribution in [0.5, 0.6) is 0 Å². The Morgan fingerprint density at radius 2 is 1.93 bits per heavy atom. The predicted octanol–water partition coefficient (Wildman–Crippen LogP) is 1.11. The lowest BCUT2D eigenvalue weighted by Crippen LogP contribution is -3.13. The van der Waals surface area contributed by atoms with Crippen LogP contribution in [0.1, 0.15) is 21.1 Å². The van der Waals surface area contributed by atoms with Gasteiger partial charge in [0.15, 0.2) is 5.82 Å². The van der Waals surface area contributed by atoms with Gasteiger partial charge in [-0.1, -0.05) is 23.8 Å². The number of nitrogen functional groups attached to an aromatic ring is 1. The Balaban J connectivity index is 1.36. The van der Waals surface area contributed by atoms with Gasteiger partial charge in [-0.3, -0.25) is 4.79 Å². The molecule has 1 amide bonds. The van der Waals surface area contributed by atoms with Gasteiger partial charge in [0.05, 0.1) is 31.1 Å². The topological polar surface area (TPSA) is 101 Å². The molecule has 1 aliphatic rings. The van der Waals surface area contributed by atoms with Crippen molar-refractivity contribution in [1.29, 1.82) is 0 Å². The molecule has 4 rings (SSSR count). The lowest BCUT2D eigenvalue weighted by Gasteiger charge is -2.31. The zero-order valence-corrected chi connectivity index (χ0v) is 17.1. The van der Waals surface area contributed by atoms with E-state index in [0.29, 0.717) is 18.3 Å². The quantitative estimate of drug-likeness (QED) is 0.582. The van der Waals surface area contributed by atoms with Crippen LogP contribution < -0.4 is 16.0 Å². The predicted molar refractivity (Wildman–Crippen MR) is 113 cm³/mol. The number of aromatic nitrogens is 3. The average molecular weight is 411 g/mol. The van der Waals surface area contributed by atoms with Crippen molar-refractivity contribution in [2.45, 2.75) is 13.5 Å². The molecule has 0 radical (unpaired) electrons. The molecule has 3 heterocycles. The number of nitrogens with zero attached hydrogens (tertiary/aromatic N) is 4. The van der Waals surface area contributed by atoms with Gasteiger partial charge in [0.25, 0.3) is 5.91 Å². The molecule has 1 aliphatic heterocycles. The highest BCUT2D eigenvalue weighted by Gasteiger charge is 2.25. The summed E-state index contributed by atoms with van der Waals surface area (Å²) in [6.45, 7) is 5.84. The van der Waals surface area contributed by atoms with E-state index in [1.807, 2.05) is 53.6 Å². The summed E-state index contributed by atoms with van der Waals surface area (Å²) in [5, 5.41) is 5.12. The maximum absolute atomic E-state index is 12.5. The first-order valence-corrected chi connectivity index (χ1v) is 10.5. The Morgan fingerprint density at radius 1 is 1.17 bits per heavy atom. The van der Waals surface area contributed by atoms with Crippen LogP contribution in [-0.2, 0) is 6.54 Å². The number of thiophene rings is 1. The number of hydrogen-bond acceptors (Lipinski definition) is 7. The van der Waals surface area contributed by atoms with Crippen molar-refractivity contribution in [2.24, 2.45) is 0 Å². The Morgan fingerprint density at radius 3 is 2.62 bits per heavy atom. The molecule has 0 saturated carbocycles. The van der Waals surface area contributed by atoms with Crippen molar-refractivity contribution in [3.05, 3.63) is 58.0 Å². The SMILES string of the molecule is Cc1ccc(Nc2nc(N)nc(C[NH+]3CCN(C(=O)c4cccs4)CC3)n2)cc1. The third-order valence-corrected chi connectivity index (χ3v) is 5.76. The molecule has 150 valence electrons. The van der Waals surface area contributed by atoms with Crippen LogP contribution in [0.25, 0.3) is 0 Å². The summed E-state index contributed by atoms with van der Waals surface area (Å²) in [5.41, 5.74) is 7.98. The van der Waals surface area contributed by atoms with Gasteiger partial charge in [0, 0.05) is 5.69 Å². The molecule has 0 aliphatic carbocycles. The zero-order valence-electron chi connectivity index (χ0n) is 16.3. The highest BCUT2D eigenvalue weighted by Crippen LogP contribution is 2.14. The second-order valence-electron chi connectivity index (χ2n) is 7.12. The molecule has 8 nitrogen and oxygen atoms in total. The molecule has 2 aromatic heterocycles. The zero-order chi connectivity index (χ0) is 20.2. The Labute approximate surface area is 173 Å². The molecular formula is C20H24N7OS+. The third kappa shape index (κ3) is 4.87. The summed E-state index contributed by atoms with van der Waals surface area (Å²) in [7, 11) is 0. The van der Waals surface area contributed by atoms with E-state index in [0.717, 1.165) is 36.7 Å². The van der Waals surface area contributed by atoms with E-state index >= 15 is 0 Å². The number of amides is 1. The van der Waals surface area contributed by atoms with Crippen LogP contribution in [0, 0.1) is 6.92 Å². The highest BCUT2D eigenvalue weighted by atomic mass is 32.1. The van der Waals surface area contributed by atoms with Crippen LogP contribution in [0.15, 0.2) is 41.8 Å². The Bertz CT molecular complexity index is 967. The fourth-order valence-corrected chi connectivity index (χ4v) is 4.01. The molecule has 4 N–H and O–H groups in total. The lowest BCUT2D eigenvalue weighted by atomic mass is 10.2. The van der Waals surface area contributed by atoms with Gasteiger partial charge >= 0.3 is 0 Å². The number of anilines is 3. The van der Waals surface area contributed by atoms with Crippen molar-refractivity contribution in [2.75, 3.05) is 37.2 Å². The summed E-state index contributed by atoms with van der Waals surface area (Å²) in [5.74, 6) is 1.42. The molecule has 1 saturated heterocycles. The summed E-state index contributed by atoms with van der Waals surface area (Å²) in [6.07, 6.45) is 0. The number of aryl methyl sites for hydroxylation is 1. The largest absolute Gasteiger partial charge is 0.368 e. The monoisotopic (exact) mass is 410 g/mol. The summed E-state index contributed by atoms with van der Waals surface area (Å²) >= 11 is 1.49. The van der Waals surface area contributed by atoms with E-state index in [-0.39, 0.29) is 11.9 Å². The summed E-state index contributed by atoms with van der Waals surface area (Å²) in [4.78, 5) is 29.5. The van der Waals surface area contributed by atoms with Crippen molar-refractivity contribution in [3.63, 3.8) is 0 Å². The van der Waals surface area contributed by atoms with Crippen LogP contribution in [0.3, 0.4) is 0 Å². The maximum Gasteiger partial charge on any atom is 0.264 e. The highest BCUT2D eigenvalue weighted by molar-refractivity contribution is 7.12. The van der Waals surface area contributed by atoms with Gasteiger partial charge in [-0.2, -0.15) is 15.0 Å². The summed E-state index contributed by atoms with van der Waals surface area (Å²) < 4.78 is 0. The molecule has 0 unspecified atom stereocenters. The molecule has 29 heavy (non-hydrogen) atoms. The number of quaternary nitrogens is 1. The van der Waals surface area contributed by atoms with E-state index in [4.69, 9.17) is 5.73 Å². The van der Waals surface area contributed by atoms with Crippen molar-refractivity contribution < 1.29 is 9.69 Å². The van der Waals surface area contributed by atoms with Crippen molar-refractivity contribution >= 4 is 34.8 Å². The smallest absolute Gasteiger partial charge is 0.264 e. The minimum Gasteiger partial charge on any atom is -0.368 e. The molecule has 9 heteroatoms. The van der Waals surface area contributed by atoms with Crippen LogP contribution >= 0.6 is 11.3 Å². The van der Waals surface area contributed by atoms with Gasteiger partial charge in [0.2, 0.25) is 11.9 Å². The Kier molecular flexibility index (Phi) is 5.68. The third-order valence-electron chi connectivity index (χ3n) is 4.90. The first-order valence-electron chi connectivity index (χ1n) is 9.57. The van der Waals surface area contributed by atoms with Crippen molar-refractivity contribution in [1.82, 2.24) is 19.9 Å². The van der Waals surface area contributed by atoms with Gasteiger partial charge in [-0.25, -0.2) is 0 Å². The molecule has 1 aromatic carbocycles. The number of carbonyl (C=O) groups is 1. The van der Waals surface area contributed by atoms with E-state index < -0.39 is 0 Å². The first kappa shape index (κ1) is 19.3. The second-order valence-corrected chi connectivity index (χ2v) is 8.07. The van der Waals surface area contributed by atoms with E-state index in [2.05, 4.69) is 20.3 Å². The average Bonchev–Trinajstić information content (AvgIpc) is 3.24. The number of rotatable bonds is 5. The van der Waals surface area contributed by atoms with E-state index in [9.17, 15) is 4.79 Å². The van der Waals surface area contributed by atoms with Gasteiger partial charge < -0.3 is 20.9 Å². The van der Waals surface area contributed by atoms with E-state index in [1.165, 1.54) is 21.8 Å². The standard InChI is InChI=1S/C20H23N7OS/c1-14-4-6-15(7-5-14)22-20-24-17(23-19(21)25-20)13-26-8-10-27(11-9-26)18(28)16-3-2-12-29-16/h2-7,12H,8-11,13H2,1H3,(H3,21,22,23,24,25)/p+1. The fourth-order valence-electron chi connectivity index (χ4n) is 3.32.